The molecule has 2 rings (SSSR count). The van der Waals surface area contributed by atoms with Crippen molar-refractivity contribution in [3.05, 3.63) is 51.7 Å². The zero-order valence-electron chi connectivity index (χ0n) is 14.2. The van der Waals surface area contributed by atoms with E-state index in [4.69, 9.17) is 4.74 Å². The van der Waals surface area contributed by atoms with Crippen molar-refractivity contribution in [1.29, 1.82) is 0 Å². The van der Waals surface area contributed by atoms with E-state index < -0.39 is 29.6 Å². The van der Waals surface area contributed by atoms with E-state index in [0.717, 1.165) is 23.1 Å². The number of nitrogens with one attached hydrogen (secondary N) is 1. The van der Waals surface area contributed by atoms with Crippen LogP contribution in [0.1, 0.15) is 34.3 Å². The van der Waals surface area contributed by atoms with E-state index in [-0.39, 0.29) is 24.3 Å². The number of amides is 1. The molecule has 0 radical (unpaired) electrons. The van der Waals surface area contributed by atoms with E-state index in [1.54, 1.807) is 6.07 Å². The van der Waals surface area contributed by atoms with Crippen LogP contribution >= 0.6 is 11.3 Å². The fourth-order valence-electron chi connectivity index (χ4n) is 2.06. The maximum atomic E-state index is 13.5. The molecule has 0 saturated carbocycles. The van der Waals surface area contributed by atoms with Gasteiger partial charge in [0, 0.05) is 17.4 Å². The lowest BCUT2D eigenvalue weighted by Crippen LogP contribution is -2.30. The average Bonchev–Trinajstić information content (AvgIpc) is 3.02. The van der Waals surface area contributed by atoms with Crippen molar-refractivity contribution in [3.8, 4) is 0 Å². The minimum atomic E-state index is -1.22. The number of thiophene rings is 1. The number of esters is 1. The lowest BCUT2D eigenvalue weighted by molar-refractivity contribution is -0.153. The van der Waals surface area contributed by atoms with Gasteiger partial charge in [-0.05, 0) is 38.1 Å². The van der Waals surface area contributed by atoms with Crippen molar-refractivity contribution < 1.29 is 27.9 Å². The summed E-state index contributed by atoms with van der Waals surface area (Å²) in [5.74, 6) is -3.24. The number of anilines is 1. The molecule has 0 aliphatic carbocycles. The van der Waals surface area contributed by atoms with Gasteiger partial charge in [0.2, 0.25) is 0 Å². The van der Waals surface area contributed by atoms with Crippen LogP contribution in [-0.2, 0) is 14.3 Å². The van der Waals surface area contributed by atoms with Crippen molar-refractivity contribution in [2.75, 3.05) is 5.32 Å². The van der Waals surface area contributed by atoms with Gasteiger partial charge >= 0.3 is 5.97 Å². The lowest BCUT2D eigenvalue weighted by atomic mass is 10.2. The van der Waals surface area contributed by atoms with Gasteiger partial charge in [0.05, 0.1) is 17.0 Å². The van der Waals surface area contributed by atoms with E-state index in [1.807, 2.05) is 13.0 Å². The number of ether oxygens (including phenoxy) is 1. The van der Waals surface area contributed by atoms with Gasteiger partial charge in [-0.1, -0.05) is 0 Å². The Kier molecular flexibility index (Phi) is 6.57. The van der Waals surface area contributed by atoms with Crippen molar-refractivity contribution in [3.63, 3.8) is 0 Å². The Morgan fingerprint density at radius 1 is 1.15 bits per heavy atom. The highest BCUT2D eigenvalue weighted by Crippen LogP contribution is 2.18. The smallest absolute Gasteiger partial charge is 0.307 e. The first kappa shape index (κ1) is 19.7. The molecular weight excluding hydrogens is 364 g/mol. The summed E-state index contributed by atoms with van der Waals surface area (Å²) >= 11 is 1.34. The van der Waals surface area contributed by atoms with E-state index in [2.05, 4.69) is 5.32 Å². The Hall–Kier alpha value is -2.61. The minimum absolute atomic E-state index is 0.0361. The number of ketones is 1. The van der Waals surface area contributed by atoms with Gasteiger partial charge in [0.25, 0.3) is 5.91 Å². The van der Waals surface area contributed by atoms with Gasteiger partial charge in [-0.2, -0.15) is 0 Å². The van der Waals surface area contributed by atoms with Crippen LogP contribution in [0.2, 0.25) is 0 Å². The second kappa shape index (κ2) is 8.66. The zero-order chi connectivity index (χ0) is 19.3. The van der Waals surface area contributed by atoms with Crippen LogP contribution < -0.4 is 5.32 Å². The predicted octanol–water partition coefficient (Wildman–Crippen LogP) is 3.87. The fourth-order valence-corrected chi connectivity index (χ4v) is 2.90. The monoisotopic (exact) mass is 381 g/mol. The second-order valence-electron chi connectivity index (χ2n) is 5.58. The number of hydrogen-bond donors (Lipinski definition) is 1. The maximum Gasteiger partial charge on any atom is 0.307 e. The van der Waals surface area contributed by atoms with Crippen molar-refractivity contribution in [1.82, 2.24) is 0 Å². The molecule has 0 unspecified atom stereocenters. The normalized spacial score (nSPS) is 11.7. The van der Waals surface area contributed by atoms with Crippen LogP contribution in [0.25, 0.3) is 0 Å². The van der Waals surface area contributed by atoms with Crippen LogP contribution in [0.3, 0.4) is 0 Å². The first-order valence-corrected chi connectivity index (χ1v) is 8.63. The minimum Gasteiger partial charge on any atom is -0.453 e. The summed E-state index contributed by atoms with van der Waals surface area (Å²) in [4.78, 5) is 37.2. The molecule has 2 aromatic rings. The van der Waals surface area contributed by atoms with Crippen LogP contribution in [0.4, 0.5) is 14.5 Å². The van der Waals surface area contributed by atoms with Crippen molar-refractivity contribution in [2.24, 2.45) is 0 Å². The van der Waals surface area contributed by atoms with Crippen molar-refractivity contribution in [2.45, 2.75) is 32.8 Å². The lowest BCUT2D eigenvalue weighted by Gasteiger charge is -2.13. The van der Waals surface area contributed by atoms with Gasteiger partial charge in [-0.15, -0.1) is 11.3 Å². The molecular formula is C18H17F2NO4S. The highest BCUT2D eigenvalue weighted by Gasteiger charge is 2.20. The summed E-state index contributed by atoms with van der Waals surface area (Å²) in [5.41, 5.74) is -0.346. The predicted molar refractivity (Wildman–Crippen MR) is 93.2 cm³/mol. The third kappa shape index (κ3) is 5.45. The number of Topliss-reactive ketones (excluding diaryl/α,β-unsaturated/α-hetero) is 1. The largest absolute Gasteiger partial charge is 0.453 e. The summed E-state index contributed by atoms with van der Waals surface area (Å²) in [6, 6.07) is 6.12. The summed E-state index contributed by atoms with van der Waals surface area (Å²) < 4.78 is 31.5. The van der Waals surface area contributed by atoms with Gasteiger partial charge in [-0.25, -0.2) is 8.78 Å². The Bertz CT molecular complexity index is 834. The molecule has 0 aliphatic rings. The molecule has 1 amide bonds. The molecule has 0 fully saturated rings. The standard InChI is InChI=1S/C18H17F2NO4S/c1-10-3-7-16(26-10)15(22)6-8-17(23)25-11(2)18(24)21-14-9-12(19)4-5-13(14)20/h3-5,7,9,11H,6,8H2,1-2H3,(H,21,24)/t11-/m1/s1. The van der Waals surface area contributed by atoms with Gasteiger partial charge < -0.3 is 10.1 Å². The van der Waals surface area contributed by atoms with E-state index in [0.29, 0.717) is 4.88 Å². The Morgan fingerprint density at radius 2 is 1.88 bits per heavy atom. The van der Waals surface area contributed by atoms with Crippen LogP contribution in [-0.4, -0.2) is 23.8 Å². The third-order valence-corrected chi connectivity index (χ3v) is 4.48. The number of rotatable bonds is 7. The summed E-state index contributed by atoms with van der Waals surface area (Å²) in [6.07, 6.45) is -1.43. The molecule has 1 aromatic heterocycles. The number of aryl methyl sites for hydroxylation is 1. The number of hydrogen-bond acceptors (Lipinski definition) is 5. The molecule has 1 heterocycles. The van der Waals surface area contributed by atoms with E-state index >= 15 is 0 Å². The molecule has 1 N–H and O–H groups in total. The molecule has 0 aliphatic heterocycles. The van der Waals surface area contributed by atoms with Crippen LogP contribution in [0, 0.1) is 18.6 Å². The molecule has 0 saturated heterocycles. The number of benzene rings is 1. The summed E-state index contributed by atoms with van der Waals surface area (Å²) in [7, 11) is 0. The first-order valence-electron chi connectivity index (χ1n) is 7.81. The maximum absolute atomic E-state index is 13.5. The SMILES string of the molecule is Cc1ccc(C(=O)CCC(=O)O[C@H](C)C(=O)Nc2cc(F)ccc2F)s1. The van der Waals surface area contributed by atoms with Crippen LogP contribution in [0.15, 0.2) is 30.3 Å². The highest BCUT2D eigenvalue weighted by atomic mass is 32.1. The van der Waals surface area contributed by atoms with E-state index in [9.17, 15) is 23.2 Å². The first-order chi connectivity index (χ1) is 12.3. The highest BCUT2D eigenvalue weighted by molar-refractivity contribution is 7.14. The molecule has 5 nitrogen and oxygen atoms in total. The molecule has 26 heavy (non-hydrogen) atoms. The van der Waals surface area contributed by atoms with Gasteiger partial charge in [-0.3, -0.25) is 14.4 Å². The molecule has 8 heteroatoms. The zero-order valence-corrected chi connectivity index (χ0v) is 15.0. The topological polar surface area (TPSA) is 72.5 Å². The third-order valence-electron chi connectivity index (χ3n) is 3.44. The molecule has 0 bridgehead atoms. The molecule has 1 atom stereocenters. The summed E-state index contributed by atoms with van der Waals surface area (Å²) in [5, 5.41) is 2.15. The average molecular weight is 381 g/mol. The van der Waals surface area contributed by atoms with E-state index in [1.165, 1.54) is 18.3 Å². The molecule has 0 spiro atoms. The quantitative estimate of drug-likeness (QED) is 0.584. The molecule has 138 valence electrons. The Labute approximate surface area is 153 Å². The van der Waals surface area contributed by atoms with Crippen LogP contribution in [0.5, 0.6) is 0 Å². The summed E-state index contributed by atoms with van der Waals surface area (Å²) in [6.45, 7) is 3.17. The second-order valence-corrected chi connectivity index (χ2v) is 6.87. The van der Waals surface area contributed by atoms with Gasteiger partial charge in [0.1, 0.15) is 11.6 Å². The Morgan fingerprint density at radius 3 is 2.54 bits per heavy atom. The number of carbonyl (C=O) groups is 3. The van der Waals surface area contributed by atoms with Crippen molar-refractivity contribution >= 4 is 34.7 Å². The number of carbonyl (C=O) groups excluding carboxylic acids is 3. The number of halogens is 2. The fraction of sp³-hybridized carbons (Fsp3) is 0.278. The Balaban J connectivity index is 1.83. The van der Waals surface area contributed by atoms with Gasteiger partial charge in [0.15, 0.2) is 11.9 Å². The molecule has 1 aromatic carbocycles.